The highest BCUT2D eigenvalue weighted by Gasteiger charge is 2.33. The third kappa shape index (κ3) is 2.07. The molecule has 1 heterocycles. The first-order valence-corrected chi connectivity index (χ1v) is 5.98. The molecule has 0 bridgehead atoms. The van der Waals surface area contributed by atoms with Gasteiger partial charge in [-0.25, -0.2) is 0 Å². The van der Waals surface area contributed by atoms with Crippen LogP contribution >= 0.6 is 0 Å². The number of aromatic nitrogens is 2. The molecule has 0 saturated heterocycles. The van der Waals surface area contributed by atoms with E-state index in [9.17, 15) is 5.21 Å². The molecule has 1 aliphatic carbocycles. The molecule has 0 atom stereocenters. The second kappa shape index (κ2) is 5.00. The second-order valence-electron chi connectivity index (χ2n) is 4.21. The average Bonchev–Trinajstić information content (AvgIpc) is 2.87. The smallest absolute Gasteiger partial charge is 0.273 e. The summed E-state index contributed by atoms with van der Waals surface area (Å²) >= 11 is 0. The lowest BCUT2D eigenvalue weighted by Crippen LogP contribution is -2.34. The molecule has 3 rings (SSSR count). The van der Waals surface area contributed by atoms with Crippen LogP contribution in [0.4, 0.5) is 5.69 Å². The van der Waals surface area contributed by atoms with Crippen molar-refractivity contribution in [2.75, 3.05) is 5.43 Å². The summed E-state index contributed by atoms with van der Waals surface area (Å²) in [5, 5.41) is 31.4. The minimum absolute atomic E-state index is 0.294. The number of hydrazone groups is 1. The number of hydrogen-bond donors (Lipinski definition) is 2. The van der Waals surface area contributed by atoms with Crippen LogP contribution in [0.15, 0.2) is 45.2 Å². The van der Waals surface area contributed by atoms with Crippen LogP contribution in [-0.4, -0.2) is 21.8 Å². The number of nitrogens with zero attached hydrogens (tertiary/aromatic N) is 4. The summed E-state index contributed by atoms with van der Waals surface area (Å²) in [6, 6.07) is 9.27. The summed E-state index contributed by atoms with van der Waals surface area (Å²) in [7, 11) is 0. The SMILES string of the molecule is [O-][n+]1onc2c1CCC(=N\O)/C2=N\Nc1ccccc1. The Balaban J connectivity index is 1.97. The number of benzene rings is 1. The molecule has 1 aromatic carbocycles. The van der Waals surface area contributed by atoms with E-state index < -0.39 is 0 Å². The molecule has 0 aliphatic heterocycles. The Kier molecular flexibility index (Phi) is 3.04. The molecule has 1 aliphatic rings. The van der Waals surface area contributed by atoms with Gasteiger partial charge in [0.2, 0.25) is 5.69 Å². The van der Waals surface area contributed by atoms with Crippen molar-refractivity contribution >= 4 is 17.1 Å². The van der Waals surface area contributed by atoms with Crippen LogP contribution in [0.3, 0.4) is 0 Å². The molecule has 0 radical (unpaired) electrons. The normalized spacial score (nSPS) is 18.2. The fraction of sp³-hybridized carbons (Fsp3) is 0.167. The van der Waals surface area contributed by atoms with Gasteiger partial charge in [0.15, 0.2) is 5.71 Å². The molecule has 0 amide bonds. The van der Waals surface area contributed by atoms with Gasteiger partial charge >= 0.3 is 0 Å². The maximum absolute atomic E-state index is 11.4. The van der Waals surface area contributed by atoms with Crippen molar-refractivity contribution < 1.29 is 14.7 Å². The van der Waals surface area contributed by atoms with E-state index >= 15 is 0 Å². The average molecular weight is 273 g/mol. The molecule has 0 saturated carbocycles. The van der Waals surface area contributed by atoms with E-state index in [1.165, 1.54) is 0 Å². The van der Waals surface area contributed by atoms with Crippen molar-refractivity contribution in [2.45, 2.75) is 12.8 Å². The lowest BCUT2D eigenvalue weighted by atomic mass is 9.97. The monoisotopic (exact) mass is 273 g/mol. The molecule has 0 spiro atoms. The lowest BCUT2D eigenvalue weighted by Gasteiger charge is -2.10. The van der Waals surface area contributed by atoms with E-state index in [1.54, 1.807) is 0 Å². The van der Waals surface area contributed by atoms with Gasteiger partial charge in [-0.2, -0.15) is 5.10 Å². The minimum atomic E-state index is 0.294. The van der Waals surface area contributed by atoms with Crippen LogP contribution in [0.2, 0.25) is 0 Å². The topological polar surface area (TPSA) is 110 Å². The summed E-state index contributed by atoms with van der Waals surface area (Å²) in [6.45, 7) is 0. The quantitative estimate of drug-likeness (QED) is 0.480. The zero-order valence-electron chi connectivity index (χ0n) is 10.4. The number of fused-ring (bicyclic) bond motifs is 1. The van der Waals surface area contributed by atoms with Crippen molar-refractivity contribution in [1.29, 1.82) is 0 Å². The molecular formula is C12H11N5O3. The number of nitrogens with one attached hydrogen (secondary N) is 1. The first-order valence-electron chi connectivity index (χ1n) is 5.98. The van der Waals surface area contributed by atoms with E-state index in [-0.39, 0.29) is 0 Å². The summed E-state index contributed by atoms with van der Waals surface area (Å²) in [6.07, 6.45) is 0.786. The van der Waals surface area contributed by atoms with Gasteiger partial charge < -0.3 is 10.4 Å². The van der Waals surface area contributed by atoms with Crippen molar-refractivity contribution in [1.82, 2.24) is 5.16 Å². The largest absolute Gasteiger partial charge is 0.411 e. The molecule has 2 aromatic rings. The molecule has 102 valence electrons. The Morgan fingerprint density at radius 2 is 2.10 bits per heavy atom. The van der Waals surface area contributed by atoms with Crippen molar-refractivity contribution in [3.05, 3.63) is 46.9 Å². The molecule has 0 fully saturated rings. The van der Waals surface area contributed by atoms with Crippen molar-refractivity contribution in [3.63, 3.8) is 0 Å². The van der Waals surface area contributed by atoms with Gasteiger partial charge in [0.25, 0.3) is 5.69 Å². The Hall–Kier alpha value is -2.90. The zero-order valence-corrected chi connectivity index (χ0v) is 10.4. The highest BCUT2D eigenvalue weighted by atomic mass is 16.8. The van der Waals surface area contributed by atoms with Crippen LogP contribution in [0.5, 0.6) is 0 Å². The maximum atomic E-state index is 11.4. The van der Waals surface area contributed by atoms with E-state index in [0.717, 1.165) is 5.69 Å². The minimum Gasteiger partial charge on any atom is -0.411 e. The molecular weight excluding hydrogens is 262 g/mol. The summed E-state index contributed by atoms with van der Waals surface area (Å²) in [5.41, 5.74) is 4.93. The van der Waals surface area contributed by atoms with Gasteiger partial charge in [-0.15, -0.1) is 0 Å². The van der Waals surface area contributed by atoms with Gasteiger partial charge in [-0.05, 0) is 17.0 Å². The number of oxime groups is 1. The highest BCUT2D eigenvalue weighted by molar-refractivity contribution is 6.48. The summed E-state index contributed by atoms with van der Waals surface area (Å²) < 4.78 is 4.56. The molecule has 2 N–H and O–H groups in total. The molecule has 1 aromatic heterocycles. The predicted octanol–water partition coefficient (Wildman–Crippen LogP) is 0.901. The Morgan fingerprint density at radius 1 is 1.30 bits per heavy atom. The Labute approximate surface area is 113 Å². The van der Waals surface area contributed by atoms with Gasteiger partial charge in [0.1, 0.15) is 5.71 Å². The van der Waals surface area contributed by atoms with Crippen LogP contribution in [0, 0.1) is 5.21 Å². The van der Waals surface area contributed by atoms with E-state index in [2.05, 4.69) is 25.5 Å². The summed E-state index contributed by atoms with van der Waals surface area (Å²) in [5.74, 6) is 0. The second-order valence-corrected chi connectivity index (χ2v) is 4.21. The predicted molar refractivity (Wildman–Crippen MR) is 69.6 cm³/mol. The first-order chi connectivity index (χ1) is 9.79. The van der Waals surface area contributed by atoms with Crippen molar-refractivity contribution in [2.24, 2.45) is 10.3 Å². The van der Waals surface area contributed by atoms with Gasteiger partial charge in [0.05, 0.1) is 5.69 Å². The molecule has 20 heavy (non-hydrogen) atoms. The third-order valence-electron chi connectivity index (χ3n) is 2.99. The highest BCUT2D eigenvalue weighted by Crippen LogP contribution is 2.16. The van der Waals surface area contributed by atoms with Crippen LogP contribution in [0.25, 0.3) is 0 Å². The van der Waals surface area contributed by atoms with E-state index in [4.69, 9.17) is 5.21 Å². The fourth-order valence-electron chi connectivity index (χ4n) is 2.00. The van der Waals surface area contributed by atoms with Gasteiger partial charge in [-0.3, -0.25) is 10.1 Å². The van der Waals surface area contributed by atoms with Crippen LogP contribution < -0.4 is 10.3 Å². The van der Waals surface area contributed by atoms with Crippen LogP contribution in [0.1, 0.15) is 17.8 Å². The molecule has 8 nitrogen and oxygen atoms in total. The number of anilines is 1. The lowest BCUT2D eigenvalue weighted by molar-refractivity contribution is -0.807. The van der Waals surface area contributed by atoms with Gasteiger partial charge in [0, 0.05) is 18.0 Å². The standard InChI is InChI=1S/C12H11N5O3/c18-15-9-6-7-10-12(16-20-17(10)19)11(9)14-13-8-4-2-1-3-5-8/h1-5,13,18H,6-7H2/b14-11+,15-9+. The Bertz CT molecular complexity index is 678. The summed E-state index contributed by atoms with van der Waals surface area (Å²) in [4.78, 5) is 0.349. The van der Waals surface area contributed by atoms with E-state index in [0.29, 0.717) is 40.6 Å². The fourth-order valence-corrected chi connectivity index (χ4v) is 2.00. The van der Waals surface area contributed by atoms with E-state index in [1.807, 2.05) is 30.3 Å². The maximum Gasteiger partial charge on any atom is 0.273 e. The Morgan fingerprint density at radius 3 is 2.85 bits per heavy atom. The number of hydrogen-bond acceptors (Lipinski definition) is 7. The van der Waals surface area contributed by atoms with Crippen molar-refractivity contribution in [3.8, 4) is 0 Å². The molecule has 8 heteroatoms. The zero-order chi connectivity index (χ0) is 13.9. The number of rotatable bonds is 2. The van der Waals surface area contributed by atoms with Crippen LogP contribution in [-0.2, 0) is 6.42 Å². The van der Waals surface area contributed by atoms with Gasteiger partial charge in [-0.1, -0.05) is 23.4 Å². The third-order valence-corrected chi connectivity index (χ3v) is 2.99. The first kappa shape index (κ1) is 12.2. The number of para-hydroxylation sites is 1. The molecule has 0 unspecified atom stereocenters.